The highest BCUT2D eigenvalue weighted by Gasteiger charge is 2.34. The topological polar surface area (TPSA) is 67.6 Å². The first-order valence-electron chi connectivity index (χ1n) is 12.2. The Balaban J connectivity index is 0.000000539. The van der Waals surface area contributed by atoms with Crippen molar-refractivity contribution in [2.45, 2.75) is 104 Å². The summed E-state index contributed by atoms with van der Waals surface area (Å²) in [7, 11) is 0. The van der Waals surface area contributed by atoms with Crippen LogP contribution in [0, 0.1) is 18.8 Å². The second-order valence-corrected chi connectivity index (χ2v) is 8.91. The molecule has 0 radical (unpaired) electrons. The number of benzene rings is 1. The van der Waals surface area contributed by atoms with Gasteiger partial charge < -0.3 is 5.73 Å². The number of hydrogen-bond acceptors (Lipinski definition) is 3. The fourth-order valence-electron chi connectivity index (χ4n) is 4.19. The predicted molar refractivity (Wildman–Crippen MR) is 129 cm³/mol. The Hall–Kier alpha value is -1.68. The van der Waals surface area contributed by atoms with E-state index in [0.717, 1.165) is 18.5 Å². The maximum Gasteiger partial charge on any atom is 0.102 e. The minimum Gasteiger partial charge on any atom is -0.320 e. The lowest BCUT2D eigenvalue weighted by Gasteiger charge is -2.34. The molecule has 0 fully saturated rings. The average molecular weight is 415 g/mol. The van der Waals surface area contributed by atoms with Gasteiger partial charge in [0.25, 0.3) is 0 Å². The van der Waals surface area contributed by atoms with Crippen LogP contribution in [0.5, 0.6) is 0 Å². The molecule has 3 N–H and O–H groups in total. The minimum atomic E-state index is -0.337. The first kappa shape index (κ1) is 26.4. The molecule has 0 aliphatic rings. The summed E-state index contributed by atoms with van der Waals surface area (Å²) in [6.07, 6.45) is 14.0. The molecule has 0 aliphatic heterocycles. The SMILES string of the molecule is CCCCC(CC)CC(N)(CC(CC)CCCC)c1c[nH]nn1.Cc1ccccc1. The van der Waals surface area contributed by atoms with Crippen LogP contribution in [0.3, 0.4) is 0 Å². The number of H-pyrrole nitrogens is 1. The summed E-state index contributed by atoms with van der Waals surface area (Å²) in [5.41, 5.74) is 8.87. The smallest absolute Gasteiger partial charge is 0.102 e. The number of nitrogens with two attached hydrogens (primary N) is 1. The summed E-state index contributed by atoms with van der Waals surface area (Å²) in [5.74, 6) is 1.36. The molecule has 1 aromatic heterocycles. The number of nitrogens with one attached hydrogen (secondary N) is 1. The highest BCUT2D eigenvalue weighted by molar-refractivity contribution is 5.12. The Morgan fingerprint density at radius 2 is 1.43 bits per heavy atom. The highest BCUT2D eigenvalue weighted by Crippen LogP contribution is 2.36. The zero-order valence-electron chi connectivity index (χ0n) is 20.2. The fourth-order valence-corrected chi connectivity index (χ4v) is 4.19. The van der Waals surface area contributed by atoms with E-state index in [0.29, 0.717) is 11.8 Å². The van der Waals surface area contributed by atoms with Crippen molar-refractivity contribution >= 4 is 0 Å². The fraction of sp³-hybridized carbons (Fsp3) is 0.692. The molecule has 2 unspecified atom stereocenters. The number of hydrogen-bond donors (Lipinski definition) is 2. The Bertz CT molecular complexity index is 606. The molecule has 0 saturated carbocycles. The van der Waals surface area contributed by atoms with Crippen LogP contribution in [0.2, 0.25) is 0 Å². The van der Waals surface area contributed by atoms with Gasteiger partial charge in [-0.2, -0.15) is 0 Å². The molecule has 30 heavy (non-hydrogen) atoms. The number of aryl methyl sites for hydroxylation is 1. The Morgan fingerprint density at radius 1 is 0.900 bits per heavy atom. The van der Waals surface area contributed by atoms with Crippen molar-refractivity contribution in [2.24, 2.45) is 17.6 Å². The molecule has 4 nitrogen and oxygen atoms in total. The van der Waals surface area contributed by atoms with E-state index < -0.39 is 0 Å². The van der Waals surface area contributed by atoms with E-state index in [9.17, 15) is 0 Å². The van der Waals surface area contributed by atoms with E-state index in [1.165, 1.54) is 56.9 Å². The van der Waals surface area contributed by atoms with Gasteiger partial charge in [-0.25, -0.2) is 0 Å². The predicted octanol–water partition coefficient (Wildman–Crippen LogP) is 7.17. The third-order valence-corrected chi connectivity index (χ3v) is 6.26. The van der Waals surface area contributed by atoms with Crippen molar-refractivity contribution in [1.82, 2.24) is 15.4 Å². The van der Waals surface area contributed by atoms with E-state index in [1.807, 2.05) is 24.4 Å². The van der Waals surface area contributed by atoms with Crippen molar-refractivity contribution in [2.75, 3.05) is 0 Å². The molecular formula is C26H46N4. The summed E-state index contributed by atoms with van der Waals surface area (Å²) in [5, 5.41) is 11.1. The lowest BCUT2D eigenvalue weighted by Crippen LogP contribution is -2.41. The molecule has 2 aromatic rings. The van der Waals surface area contributed by atoms with Crippen LogP contribution in [0.15, 0.2) is 36.5 Å². The van der Waals surface area contributed by atoms with Crippen molar-refractivity contribution < 1.29 is 0 Å². The molecule has 2 rings (SSSR count). The van der Waals surface area contributed by atoms with Gasteiger partial charge in [0.1, 0.15) is 5.69 Å². The van der Waals surface area contributed by atoms with E-state index in [1.54, 1.807) is 0 Å². The van der Waals surface area contributed by atoms with E-state index >= 15 is 0 Å². The van der Waals surface area contributed by atoms with Crippen LogP contribution < -0.4 is 5.73 Å². The van der Waals surface area contributed by atoms with E-state index in [2.05, 4.69) is 62.2 Å². The van der Waals surface area contributed by atoms with Crippen LogP contribution in [-0.2, 0) is 5.54 Å². The van der Waals surface area contributed by atoms with Gasteiger partial charge in [0.05, 0.1) is 5.54 Å². The summed E-state index contributed by atoms with van der Waals surface area (Å²) >= 11 is 0. The van der Waals surface area contributed by atoms with Gasteiger partial charge >= 0.3 is 0 Å². The van der Waals surface area contributed by atoms with Crippen LogP contribution >= 0.6 is 0 Å². The van der Waals surface area contributed by atoms with Gasteiger partial charge in [0.15, 0.2) is 0 Å². The maximum atomic E-state index is 6.94. The number of aromatic nitrogens is 3. The normalized spacial score (nSPS) is 15.0. The number of nitrogens with zero attached hydrogens (tertiary/aromatic N) is 2. The Kier molecular flexibility index (Phi) is 13.3. The van der Waals surface area contributed by atoms with Gasteiger partial charge in [-0.1, -0.05) is 120 Å². The van der Waals surface area contributed by atoms with Gasteiger partial charge in [-0.05, 0) is 31.6 Å². The van der Waals surface area contributed by atoms with Crippen molar-refractivity contribution in [3.63, 3.8) is 0 Å². The molecule has 4 heteroatoms. The molecule has 1 aromatic carbocycles. The largest absolute Gasteiger partial charge is 0.320 e. The van der Waals surface area contributed by atoms with Crippen LogP contribution in [0.4, 0.5) is 0 Å². The molecular weight excluding hydrogens is 368 g/mol. The Labute approximate surface area is 185 Å². The molecule has 170 valence electrons. The van der Waals surface area contributed by atoms with Gasteiger partial charge in [0, 0.05) is 6.20 Å². The molecule has 0 spiro atoms. The molecule has 0 saturated heterocycles. The Morgan fingerprint density at radius 3 is 1.77 bits per heavy atom. The van der Waals surface area contributed by atoms with Crippen LogP contribution in [0.1, 0.15) is 103 Å². The summed E-state index contributed by atoms with van der Waals surface area (Å²) in [6.45, 7) is 11.2. The third-order valence-electron chi connectivity index (χ3n) is 6.26. The quantitative estimate of drug-likeness (QED) is 0.365. The summed E-state index contributed by atoms with van der Waals surface area (Å²) in [6, 6.07) is 10.3. The summed E-state index contributed by atoms with van der Waals surface area (Å²) in [4.78, 5) is 0. The average Bonchev–Trinajstić information content (AvgIpc) is 3.31. The first-order chi connectivity index (χ1) is 14.5. The second-order valence-electron chi connectivity index (χ2n) is 8.91. The molecule has 0 amide bonds. The maximum absolute atomic E-state index is 6.94. The standard InChI is InChI=1S/C19H38N4.C7H8/c1-5-9-11-16(7-3)13-19(20,18-15-21-23-22-18)14-17(8-4)12-10-6-2;1-7-5-3-2-4-6-7/h15-17H,5-14,20H2,1-4H3,(H,21,22,23);2-6H,1H3. The van der Waals surface area contributed by atoms with Crippen molar-refractivity contribution in [3.05, 3.63) is 47.8 Å². The summed E-state index contributed by atoms with van der Waals surface area (Å²) < 4.78 is 0. The molecule has 0 bridgehead atoms. The van der Waals surface area contributed by atoms with Crippen LogP contribution in [0.25, 0.3) is 0 Å². The molecule has 2 atom stereocenters. The number of unbranched alkanes of at least 4 members (excludes halogenated alkanes) is 2. The van der Waals surface area contributed by atoms with Crippen molar-refractivity contribution in [3.8, 4) is 0 Å². The van der Waals surface area contributed by atoms with Gasteiger partial charge in [-0.15, -0.1) is 5.10 Å². The zero-order valence-corrected chi connectivity index (χ0v) is 20.2. The highest BCUT2D eigenvalue weighted by atomic mass is 15.3. The molecule has 1 heterocycles. The van der Waals surface area contributed by atoms with Gasteiger partial charge in [-0.3, -0.25) is 5.10 Å². The lowest BCUT2D eigenvalue weighted by atomic mass is 9.75. The third kappa shape index (κ3) is 9.88. The van der Waals surface area contributed by atoms with E-state index in [-0.39, 0.29) is 5.54 Å². The monoisotopic (exact) mass is 414 g/mol. The van der Waals surface area contributed by atoms with E-state index in [4.69, 9.17) is 5.73 Å². The number of aromatic amines is 1. The van der Waals surface area contributed by atoms with Crippen LogP contribution in [-0.4, -0.2) is 15.4 Å². The second kappa shape index (κ2) is 15.2. The first-order valence-corrected chi connectivity index (χ1v) is 12.2. The number of rotatable bonds is 13. The van der Waals surface area contributed by atoms with Crippen molar-refractivity contribution in [1.29, 1.82) is 0 Å². The van der Waals surface area contributed by atoms with Gasteiger partial charge in [0.2, 0.25) is 0 Å². The molecule has 0 aliphatic carbocycles. The minimum absolute atomic E-state index is 0.337. The zero-order chi connectivity index (χ0) is 22.2. The lowest BCUT2D eigenvalue weighted by molar-refractivity contribution is 0.227.